The maximum absolute atomic E-state index is 10.2. The summed E-state index contributed by atoms with van der Waals surface area (Å²) in [4.78, 5) is 2.34. The van der Waals surface area contributed by atoms with E-state index in [1.54, 1.807) is 0 Å². The first-order valence-corrected chi connectivity index (χ1v) is 6.82. The van der Waals surface area contributed by atoms with Crippen molar-refractivity contribution < 1.29 is 5.11 Å². The predicted molar refractivity (Wildman–Crippen MR) is 74.9 cm³/mol. The van der Waals surface area contributed by atoms with Gasteiger partial charge in [0.05, 0.1) is 6.10 Å². The molecule has 3 nitrogen and oxygen atoms in total. The summed E-state index contributed by atoms with van der Waals surface area (Å²) in [6.07, 6.45) is 0.500. The summed E-state index contributed by atoms with van der Waals surface area (Å²) < 4.78 is 0. The Morgan fingerprint density at radius 1 is 1.28 bits per heavy atom. The highest BCUT2D eigenvalue weighted by atomic mass is 16.3. The van der Waals surface area contributed by atoms with Gasteiger partial charge in [0.25, 0.3) is 0 Å². The first-order valence-electron chi connectivity index (χ1n) is 6.82. The first-order chi connectivity index (χ1) is 8.65. The van der Waals surface area contributed by atoms with Crippen LogP contribution in [0, 0.1) is 13.8 Å². The molecule has 18 heavy (non-hydrogen) atoms. The van der Waals surface area contributed by atoms with Gasteiger partial charge >= 0.3 is 0 Å². The second-order valence-corrected chi connectivity index (χ2v) is 5.34. The van der Waals surface area contributed by atoms with Gasteiger partial charge < -0.3 is 10.4 Å². The third-order valence-corrected chi connectivity index (χ3v) is 3.63. The monoisotopic (exact) mass is 248 g/mol. The molecule has 3 heteroatoms. The molecule has 1 unspecified atom stereocenters. The predicted octanol–water partition coefficient (Wildman–Crippen LogP) is 1.11. The standard InChI is InChI=1S/C15H24N2O/c1-12-3-4-14(13(2)9-12)10-15(18)11-17-7-5-16-6-8-17/h3-4,9,15-16,18H,5-8,10-11H2,1-2H3. The van der Waals surface area contributed by atoms with Crippen molar-refractivity contribution in [2.24, 2.45) is 0 Å². The van der Waals surface area contributed by atoms with Gasteiger partial charge in [0.15, 0.2) is 0 Å². The zero-order chi connectivity index (χ0) is 13.0. The average molecular weight is 248 g/mol. The highest BCUT2D eigenvalue weighted by Gasteiger charge is 2.15. The van der Waals surface area contributed by atoms with E-state index in [0.717, 1.165) is 39.1 Å². The summed E-state index contributed by atoms with van der Waals surface area (Å²) in [7, 11) is 0. The van der Waals surface area contributed by atoms with Gasteiger partial charge in [-0.15, -0.1) is 0 Å². The highest BCUT2D eigenvalue weighted by molar-refractivity contribution is 5.30. The maximum atomic E-state index is 10.2. The van der Waals surface area contributed by atoms with E-state index in [2.05, 4.69) is 42.3 Å². The van der Waals surface area contributed by atoms with Crippen molar-refractivity contribution >= 4 is 0 Å². The number of β-amino-alcohol motifs (C(OH)–C–C–N with tert-alkyl or cyclic N) is 1. The summed E-state index contributed by atoms with van der Waals surface area (Å²) in [5.41, 5.74) is 3.84. The number of aliphatic hydroxyl groups excluding tert-OH is 1. The van der Waals surface area contributed by atoms with Gasteiger partial charge in [-0.25, -0.2) is 0 Å². The lowest BCUT2D eigenvalue weighted by Crippen LogP contribution is -2.46. The molecule has 2 rings (SSSR count). The molecule has 0 saturated carbocycles. The van der Waals surface area contributed by atoms with Gasteiger partial charge in [-0.2, -0.15) is 0 Å². The number of nitrogens with one attached hydrogen (secondary N) is 1. The number of aliphatic hydroxyl groups is 1. The normalized spacial score (nSPS) is 18.8. The molecule has 100 valence electrons. The summed E-state index contributed by atoms with van der Waals surface area (Å²) >= 11 is 0. The molecule has 1 saturated heterocycles. The van der Waals surface area contributed by atoms with E-state index in [4.69, 9.17) is 0 Å². The van der Waals surface area contributed by atoms with Crippen molar-refractivity contribution in [3.63, 3.8) is 0 Å². The topological polar surface area (TPSA) is 35.5 Å². The van der Waals surface area contributed by atoms with Crippen LogP contribution in [0.1, 0.15) is 16.7 Å². The molecule has 1 heterocycles. The van der Waals surface area contributed by atoms with E-state index in [0.29, 0.717) is 0 Å². The van der Waals surface area contributed by atoms with Crippen LogP contribution >= 0.6 is 0 Å². The summed E-state index contributed by atoms with van der Waals surface area (Å²) in [5, 5.41) is 13.5. The summed E-state index contributed by atoms with van der Waals surface area (Å²) in [6.45, 7) is 9.18. The molecule has 1 aliphatic heterocycles. The number of aryl methyl sites for hydroxylation is 2. The maximum Gasteiger partial charge on any atom is 0.0707 e. The molecular weight excluding hydrogens is 224 g/mol. The molecule has 0 amide bonds. The van der Waals surface area contributed by atoms with Gasteiger partial charge in [0, 0.05) is 32.7 Å². The third kappa shape index (κ3) is 3.80. The van der Waals surface area contributed by atoms with Crippen LogP contribution in [0.3, 0.4) is 0 Å². The lowest BCUT2D eigenvalue weighted by molar-refractivity contribution is 0.105. The number of hydrogen-bond acceptors (Lipinski definition) is 3. The zero-order valence-electron chi connectivity index (χ0n) is 11.4. The average Bonchev–Trinajstić information content (AvgIpc) is 2.34. The minimum absolute atomic E-state index is 0.260. The second-order valence-electron chi connectivity index (χ2n) is 5.34. The minimum atomic E-state index is -0.260. The molecule has 1 aromatic rings. The fraction of sp³-hybridized carbons (Fsp3) is 0.600. The Hall–Kier alpha value is -0.900. The molecule has 1 atom stereocenters. The Morgan fingerprint density at radius 2 is 2.00 bits per heavy atom. The summed E-state index contributed by atoms with van der Waals surface area (Å²) in [6, 6.07) is 6.46. The van der Waals surface area contributed by atoms with E-state index >= 15 is 0 Å². The Balaban J connectivity index is 1.87. The molecular formula is C15H24N2O. The lowest BCUT2D eigenvalue weighted by Gasteiger charge is -2.29. The van der Waals surface area contributed by atoms with Crippen LogP contribution < -0.4 is 5.32 Å². The number of hydrogen-bond donors (Lipinski definition) is 2. The third-order valence-electron chi connectivity index (χ3n) is 3.63. The number of rotatable bonds is 4. The van der Waals surface area contributed by atoms with E-state index in [1.807, 2.05) is 0 Å². The van der Waals surface area contributed by atoms with Crippen LogP contribution in [0.5, 0.6) is 0 Å². The molecule has 0 spiro atoms. The van der Waals surface area contributed by atoms with Crippen molar-refractivity contribution in [3.8, 4) is 0 Å². The minimum Gasteiger partial charge on any atom is -0.391 e. The fourth-order valence-corrected chi connectivity index (χ4v) is 2.58. The fourth-order valence-electron chi connectivity index (χ4n) is 2.58. The smallest absolute Gasteiger partial charge is 0.0707 e. The quantitative estimate of drug-likeness (QED) is 0.838. The zero-order valence-corrected chi connectivity index (χ0v) is 11.4. The van der Waals surface area contributed by atoms with Crippen LogP contribution in [-0.2, 0) is 6.42 Å². The van der Waals surface area contributed by atoms with Crippen LogP contribution in [0.4, 0.5) is 0 Å². The lowest BCUT2D eigenvalue weighted by atomic mass is 10.00. The van der Waals surface area contributed by atoms with Crippen LogP contribution in [0.15, 0.2) is 18.2 Å². The second kappa shape index (κ2) is 6.32. The number of benzene rings is 1. The highest BCUT2D eigenvalue weighted by Crippen LogP contribution is 2.13. The Labute approximate surface area is 110 Å². The van der Waals surface area contributed by atoms with E-state index in [9.17, 15) is 5.11 Å². The van der Waals surface area contributed by atoms with E-state index < -0.39 is 0 Å². The first kappa shape index (κ1) is 13.5. The van der Waals surface area contributed by atoms with Gasteiger partial charge in [-0.1, -0.05) is 23.8 Å². The van der Waals surface area contributed by atoms with Crippen LogP contribution in [-0.4, -0.2) is 48.8 Å². The van der Waals surface area contributed by atoms with Gasteiger partial charge in [-0.3, -0.25) is 4.90 Å². The number of nitrogens with zero attached hydrogens (tertiary/aromatic N) is 1. The number of piperazine rings is 1. The summed E-state index contributed by atoms with van der Waals surface area (Å²) in [5.74, 6) is 0. The molecule has 0 aromatic heterocycles. The van der Waals surface area contributed by atoms with Crippen LogP contribution in [0.25, 0.3) is 0 Å². The van der Waals surface area contributed by atoms with Crippen molar-refractivity contribution in [2.75, 3.05) is 32.7 Å². The largest absolute Gasteiger partial charge is 0.391 e. The van der Waals surface area contributed by atoms with Crippen molar-refractivity contribution in [3.05, 3.63) is 34.9 Å². The van der Waals surface area contributed by atoms with E-state index in [1.165, 1.54) is 16.7 Å². The SMILES string of the molecule is Cc1ccc(CC(O)CN2CCNCC2)c(C)c1. The van der Waals surface area contributed by atoms with Crippen molar-refractivity contribution in [2.45, 2.75) is 26.4 Å². The molecule has 1 fully saturated rings. The van der Waals surface area contributed by atoms with Gasteiger partial charge in [0.2, 0.25) is 0 Å². The van der Waals surface area contributed by atoms with Gasteiger partial charge in [-0.05, 0) is 31.4 Å². The molecule has 0 radical (unpaired) electrons. The van der Waals surface area contributed by atoms with E-state index in [-0.39, 0.29) is 6.10 Å². The molecule has 2 N–H and O–H groups in total. The van der Waals surface area contributed by atoms with Crippen molar-refractivity contribution in [1.29, 1.82) is 0 Å². The van der Waals surface area contributed by atoms with Crippen molar-refractivity contribution in [1.82, 2.24) is 10.2 Å². The Bertz CT molecular complexity index is 386. The van der Waals surface area contributed by atoms with Crippen LogP contribution in [0.2, 0.25) is 0 Å². The molecule has 0 aliphatic carbocycles. The Kier molecular flexibility index (Phi) is 4.75. The van der Waals surface area contributed by atoms with Gasteiger partial charge in [0.1, 0.15) is 0 Å². The molecule has 1 aliphatic rings. The molecule has 0 bridgehead atoms. The molecule has 1 aromatic carbocycles. The Morgan fingerprint density at radius 3 is 2.67 bits per heavy atom.